The van der Waals surface area contributed by atoms with Gasteiger partial charge in [0, 0.05) is 44.1 Å². The van der Waals surface area contributed by atoms with E-state index in [2.05, 4.69) is 22.2 Å². The number of carbonyl (C=O) groups is 1. The fraction of sp³-hybridized carbons (Fsp3) is 0.533. The zero-order valence-electron chi connectivity index (χ0n) is 12.7. The summed E-state index contributed by atoms with van der Waals surface area (Å²) in [6, 6.07) is 5.24. The Hall–Kier alpha value is -1.83. The molecule has 122 valence electrons. The van der Waals surface area contributed by atoms with Gasteiger partial charge in [-0.25, -0.2) is 4.79 Å². The van der Waals surface area contributed by atoms with E-state index in [1.54, 1.807) is 12.1 Å². The Morgan fingerprint density at radius 3 is 2.59 bits per heavy atom. The lowest BCUT2D eigenvalue weighted by atomic mass is 10.1. The Balaban J connectivity index is 2.14. The Morgan fingerprint density at radius 2 is 2.00 bits per heavy atom. The van der Waals surface area contributed by atoms with Crippen LogP contribution in [0.3, 0.4) is 0 Å². The standard InChI is InChI=1S/C15H23N3O4/c1-17-4-6-18(7-5-17)11-2-3-14(13(8-11)15(21)22)16-9-12(20)10-19/h2-3,8,12,16,19-20H,4-7,9-10H2,1H3,(H,21,22). The summed E-state index contributed by atoms with van der Waals surface area (Å²) in [5, 5.41) is 30.4. The van der Waals surface area contributed by atoms with Crippen molar-refractivity contribution in [3.8, 4) is 0 Å². The Kier molecular flexibility index (Phi) is 5.59. The van der Waals surface area contributed by atoms with E-state index >= 15 is 0 Å². The van der Waals surface area contributed by atoms with Crippen LogP contribution in [-0.2, 0) is 0 Å². The van der Waals surface area contributed by atoms with Crippen LogP contribution in [0.5, 0.6) is 0 Å². The number of carboxylic acid groups (broad SMARTS) is 1. The molecular weight excluding hydrogens is 286 g/mol. The third-order valence-electron chi connectivity index (χ3n) is 3.84. The van der Waals surface area contributed by atoms with Gasteiger partial charge in [-0.2, -0.15) is 0 Å². The number of nitrogens with one attached hydrogen (secondary N) is 1. The van der Waals surface area contributed by atoms with Crippen molar-refractivity contribution in [2.75, 3.05) is 56.6 Å². The van der Waals surface area contributed by atoms with E-state index in [1.165, 1.54) is 0 Å². The van der Waals surface area contributed by atoms with Crippen molar-refractivity contribution in [3.05, 3.63) is 23.8 Å². The molecule has 1 aliphatic heterocycles. The van der Waals surface area contributed by atoms with Crippen molar-refractivity contribution in [1.82, 2.24) is 4.90 Å². The molecule has 1 fully saturated rings. The second kappa shape index (κ2) is 7.44. The normalized spacial score (nSPS) is 17.3. The topological polar surface area (TPSA) is 96.3 Å². The maximum atomic E-state index is 11.4. The molecule has 0 aromatic heterocycles. The lowest BCUT2D eigenvalue weighted by molar-refractivity contribution is 0.0697. The highest BCUT2D eigenvalue weighted by Crippen LogP contribution is 2.24. The van der Waals surface area contributed by atoms with Crippen molar-refractivity contribution >= 4 is 17.3 Å². The number of aliphatic hydroxyl groups is 2. The summed E-state index contributed by atoms with van der Waals surface area (Å²) < 4.78 is 0. The van der Waals surface area contributed by atoms with Crippen LogP contribution in [0.4, 0.5) is 11.4 Å². The molecule has 0 aliphatic carbocycles. The predicted octanol–water partition coefficient (Wildman–Crippen LogP) is -0.0983. The van der Waals surface area contributed by atoms with Crippen LogP contribution in [-0.4, -0.2) is 78.7 Å². The van der Waals surface area contributed by atoms with Gasteiger partial charge in [-0.15, -0.1) is 0 Å². The van der Waals surface area contributed by atoms with Crippen LogP contribution in [0.25, 0.3) is 0 Å². The first-order valence-electron chi connectivity index (χ1n) is 7.35. The molecule has 0 bridgehead atoms. The van der Waals surface area contributed by atoms with Gasteiger partial charge in [0.05, 0.1) is 18.3 Å². The number of anilines is 2. The first kappa shape index (κ1) is 16.5. The molecule has 4 N–H and O–H groups in total. The van der Waals surface area contributed by atoms with Crippen LogP contribution in [0.1, 0.15) is 10.4 Å². The highest BCUT2D eigenvalue weighted by atomic mass is 16.4. The smallest absolute Gasteiger partial charge is 0.337 e. The fourth-order valence-corrected chi connectivity index (χ4v) is 2.42. The van der Waals surface area contributed by atoms with Gasteiger partial charge in [-0.1, -0.05) is 0 Å². The van der Waals surface area contributed by atoms with Crippen LogP contribution < -0.4 is 10.2 Å². The van der Waals surface area contributed by atoms with Crippen molar-refractivity contribution in [2.45, 2.75) is 6.10 Å². The van der Waals surface area contributed by atoms with E-state index in [0.29, 0.717) is 5.69 Å². The number of rotatable bonds is 6. The minimum absolute atomic E-state index is 0.102. The lowest BCUT2D eigenvalue weighted by Gasteiger charge is -2.34. The highest BCUT2D eigenvalue weighted by molar-refractivity contribution is 5.95. The molecule has 1 saturated heterocycles. The van der Waals surface area contributed by atoms with Crippen LogP contribution in [0.15, 0.2) is 18.2 Å². The van der Waals surface area contributed by atoms with Crippen molar-refractivity contribution < 1.29 is 20.1 Å². The third-order valence-corrected chi connectivity index (χ3v) is 3.84. The highest BCUT2D eigenvalue weighted by Gasteiger charge is 2.18. The number of likely N-dealkylation sites (N-methyl/N-ethyl adjacent to an activating group) is 1. The molecule has 7 heteroatoms. The van der Waals surface area contributed by atoms with Crippen molar-refractivity contribution in [3.63, 3.8) is 0 Å². The average Bonchev–Trinajstić information content (AvgIpc) is 2.53. The van der Waals surface area contributed by atoms with E-state index < -0.39 is 12.1 Å². The molecule has 1 unspecified atom stereocenters. The molecule has 22 heavy (non-hydrogen) atoms. The monoisotopic (exact) mass is 309 g/mol. The minimum Gasteiger partial charge on any atom is -0.478 e. The van der Waals surface area contributed by atoms with Gasteiger partial charge in [-0.3, -0.25) is 0 Å². The molecule has 0 radical (unpaired) electrons. The van der Waals surface area contributed by atoms with Gasteiger partial charge < -0.3 is 30.4 Å². The van der Waals surface area contributed by atoms with Gasteiger partial charge in [0.15, 0.2) is 0 Å². The average molecular weight is 309 g/mol. The number of carboxylic acids is 1. The van der Waals surface area contributed by atoms with Crippen molar-refractivity contribution in [1.29, 1.82) is 0 Å². The van der Waals surface area contributed by atoms with Gasteiger partial charge >= 0.3 is 5.97 Å². The first-order chi connectivity index (χ1) is 10.5. The molecule has 1 aliphatic rings. The zero-order chi connectivity index (χ0) is 16.1. The predicted molar refractivity (Wildman–Crippen MR) is 84.7 cm³/mol. The molecule has 2 rings (SSSR count). The molecule has 7 nitrogen and oxygen atoms in total. The summed E-state index contributed by atoms with van der Waals surface area (Å²) in [5.41, 5.74) is 1.50. The quantitative estimate of drug-likeness (QED) is 0.583. The summed E-state index contributed by atoms with van der Waals surface area (Å²) in [6.45, 7) is 3.37. The fourth-order valence-electron chi connectivity index (χ4n) is 2.42. The number of piperazine rings is 1. The van der Waals surface area contributed by atoms with Gasteiger partial charge in [0.2, 0.25) is 0 Å². The first-order valence-corrected chi connectivity index (χ1v) is 7.35. The summed E-state index contributed by atoms with van der Waals surface area (Å²) in [6.07, 6.45) is -0.918. The zero-order valence-corrected chi connectivity index (χ0v) is 12.7. The van der Waals surface area contributed by atoms with Gasteiger partial charge in [0.1, 0.15) is 0 Å². The second-order valence-electron chi connectivity index (χ2n) is 5.54. The molecule has 1 heterocycles. The molecular formula is C15H23N3O4. The maximum absolute atomic E-state index is 11.4. The van der Waals surface area contributed by atoms with Gasteiger partial charge in [-0.05, 0) is 25.2 Å². The number of aromatic carboxylic acids is 1. The minimum atomic E-state index is -1.02. The van der Waals surface area contributed by atoms with E-state index in [-0.39, 0.29) is 18.7 Å². The van der Waals surface area contributed by atoms with Crippen LogP contribution in [0, 0.1) is 0 Å². The summed E-state index contributed by atoms with van der Waals surface area (Å²) in [5.74, 6) is -1.02. The van der Waals surface area contributed by atoms with E-state index in [1.807, 2.05) is 6.07 Å². The number of nitrogens with zero attached hydrogens (tertiary/aromatic N) is 2. The number of hydrogen-bond donors (Lipinski definition) is 4. The Morgan fingerprint density at radius 1 is 1.32 bits per heavy atom. The molecule has 1 aromatic carbocycles. The second-order valence-corrected chi connectivity index (χ2v) is 5.54. The third kappa shape index (κ3) is 4.09. The summed E-state index contributed by atoms with van der Waals surface area (Å²) >= 11 is 0. The molecule has 0 spiro atoms. The lowest BCUT2D eigenvalue weighted by Crippen LogP contribution is -2.44. The van der Waals surface area contributed by atoms with Gasteiger partial charge in [0.25, 0.3) is 0 Å². The Bertz CT molecular complexity index is 516. The van der Waals surface area contributed by atoms with Crippen LogP contribution in [0.2, 0.25) is 0 Å². The molecule has 1 aromatic rings. The van der Waals surface area contributed by atoms with E-state index in [9.17, 15) is 15.0 Å². The Labute approximate surface area is 129 Å². The van der Waals surface area contributed by atoms with E-state index in [4.69, 9.17) is 5.11 Å². The van der Waals surface area contributed by atoms with E-state index in [0.717, 1.165) is 31.9 Å². The molecule has 1 atom stereocenters. The SMILES string of the molecule is CN1CCN(c2ccc(NCC(O)CO)c(C(=O)O)c2)CC1. The molecule has 0 amide bonds. The largest absolute Gasteiger partial charge is 0.478 e. The van der Waals surface area contributed by atoms with Crippen molar-refractivity contribution in [2.24, 2.45) is 0 Å². The molecule has 0 saturated carbocycles. The number of aliphatic hydroxyl groups excluding tert-OH is 2. The summed E-state index contributed by atoms with van der Waals surface area (Å²) in [4.78, 5) is 15.8. The van der Waals surface area contributed by atoms with Crippen LogP contribution >= 0.6 is 0 Å². The summed E-state index contributed by atoms with van der Waals surface area (Å²) in [7, 11) is 2.07. The number of hydrogen-bond acceptors (Lipinski definition) is 6. The number of benzene rings is 1. The maximum Gasteiger partial charge on any atom is 0.337 e.